The minimum atomic E-state index is -0.459. The minimum Gasteiger partial charge on any atom is -0.468 e. The third kappa shape index (κ3) is 3.27. The van der Waals surface area contributed by atoms with Gasteiger partial charge in [-0.25, -0.2) is 9.36 Å². The summed E-state index contributed by atoms with van der Waals surface area (Å²) in [5, 5.41) is 9.80. The van der Waals surface area contributed by atoms with E-state index in [0.717, 1.165) is 5.56 Å². The number of aromatic nitrogens is 4. The van der Waals surface area contributed by atoms with Crippen LogP contribution in [0.3, 0.4) is 0 Å². The van der Waals surface area contributed by atoms with Crippen LogP contribution in [0.4, 0.5) is 0 Å². The van der Waals surface area contributed by atoms with E-state index in [-0.39, 0.29) is 5.56 Å². The topological polar surface area (TPSA) is 91.6 Å². The Balaban J connectivity index is 1.66. The second-order valence-electron chi connectivity index (χ2n) is 7.15. The van der Waals surface area contributed by atoms with Gasteiger partial charge in [0.25, 0.3) is 5.56 Å². The Hall–Kier alpha value is -3.85. The molecule has 8 nitrogen and oxygen atoms in total. The number of fused-ring (bicyclic) bond motifs is 3. The number of methoxy groups -OCH3 is 1. The molecule has 0 aliphatic heterocycles. The fourth-order valence-electron chi connectivity index (χ4n) is 3.57. The highest BCUT2D eigenvalue weighted by atomic mass is 32.2. The van der Waals surface area contributed by atoms with Gasteiger partial charge >= 0.3 is 5.97 Å². The summed E-state index contributed by atoms with van der Waals surface area (Å²) in [6.45, 7) is 1.99. The van der Waals surface area contributed by atoms with Crippen molar-refractivity contribution >= 4 is 34.4 Å². The summed E-state index contributed by atoms with van der Waals surface area (Å²) in [7, 11) is 1.33. The molecule has 5 rings (SSSR count). The molecule has 0 saturated heterocycles. The normalized spacial score (nSPS) is 11.3. The first-order valence-electron chi connectivity index (χ1n) is 9.82. The van der Waals surface area contributed by atoms with Crippen LogP contribution in [-0.2, 0) is 10.5 Å². The van der Waals surface area contributed by atoms with Crippen LogP contribution in [0.5, 0.6) is 0 Å². The lowest BCUT2D eigenvalue weighted by Crippen LogP contribution is -2.21. The van der Waals surface area contributed by atoms with Gasteiger partial charge in [-0.2, -0.15) is 0 Å². The van der Waals surface area contributed by atoms with Gasteiger partial charge in [-0.05, 0) is 37.3 Å². The number of carbonyl (C=O) groups is 1. The van der Waals surface area contributed by atoms with Crippen molar-refractivity contribution in [1.29, 1.82) is 0 Å². The predicted molar refractivity (Wildman–Crippen MR) is 120 cm³/mol. The van der Waals surface area contributed by atoms with Gasteiger partial charge in [0.05, 0.1) is 35.7 Å². The van der Waals surface area contributed by atoms with Gasteiger partial charge in [-0.15, -0.1) is 10.2 Å². The van der Waals surface area contributed by atoms with Gasteiger partial charge < -0.3 is 9.15 Å². The summed E-state index contributed by atoms with van der Waals surface area (Å²) in [4.78, 5) is 25.3. The first-order valence-corrected chi connectivity index (χ1v) is 10.8. The molecule has 0 radical (unpaired) electrons. The van der Waals surface area contributed by atoms with Gasteiger partial charge in [0.2, 0.25) is 5.78 Å². The number of rotatable bonds is 5. The first-order chi connectivity index (χ1) is 15.6. The Morgan fingerprint density at radius 3 is 2.66 bits per heavy atom. The summed E-state index contributed by atoms with van der Waals surface area (Å²) >= 11 is 1.36. The Kier molecular flexibility index (Phi) is 5.02. The Bertz CT molecular complexity index is 1520. The molecule has 0 amide bonds. The number of carbonyl (C=O) groups excluding carboxylic acids is 1. The van der Waals surface area contributed by atoms with Crippen molar-refractivity contribution in [3.8, 4) is 5.69 Å². The summed E-state index contributed by atoms with van der Waals surface area (Å²) in [6.07, 6.45) is 1.45. The first kappa shape index (κ1) is 20.1. The van der Waals surface area contributed by atoms with Crippen molar-refractivity contribution in [2.24, 2.45) is 0 Å². The SMILES string of the molecule is COC(=O)c1ccoc1CSc1nnc2n(-c3ccc(C)cc3)c(=O)c3ccccc3n12. The molecule has 160 valence electrons. The molecule has 2 aromatic carbocycles. The molecular formula is C23H18N4O4S. The van der Waals surface area contributed by atoms with Crippen LogP contribution in [0.15, 0.2) is 75.2 Å². The zero-order valence-corrected chi connectivity index (χ0v) is 18.1. The molecule has 0 atom stereocenters. The highest BCUT2D eigenvalue weighted by Crippen LogP contribution is 2.27. The number of hydrogen-bond acceptors (Lipinski definition) is 7. The molecule has 0 saturated carbocycles. The predicted octanol–water partition coefficient (Wildman–Crippen LogP) is 4.01. The molecule has 9 heteroatoms. The fraction of sp³-hybridized carbons (Fsp3) is 0.130. The van der Waals surface area contributed by atoms with E-state index in [0.29, 0.717) is 44.6 Å². The summed E-state index contributed by atoms with van der Waals surface area (Å²) in [6, 6.07) is 16.6. The van der Waals surface area contributed by atoms with Gasteiger partial charge in [-0.1, -0.05) is 41.6 Å². The number of esters is 1. The number of benzene rings is 2. The van der Waals surface area contributed by atoms with E-state index in [1.54, 1.807) is 16.7 Å². The zero-order valence-electron chi connectivity index (χ0n) is 17.3. The Labute approximate surface area is 186 Å². The van der Waals surface area contributed by atoms with Crippen molar-refractivity contribution < 1.29 is 13.9 Å². The average molecular weight is 446 g/mol. The van der Waals surface area contributed by atoms with Gasteiger partial charge in [-0.3, -0.25) is 9.20 Å². The van der Waals surface area contributed by atoms with E-state index in [2.05, 4.69) is 10.2 Å². The third-order valence-electron chi connectivity index (χ3n) is 5.17. The molecule has 0 bridgehead atoms. The second-order valence-corrected chi connectivity index (χ2v) is 8.09. The maximum Gasteiger partial charge on any atom is 0.341 e. The monoisotopic (exact) mass is 446 g/mol. The van der Waals surface area contributed by atoms with Crippen molar-refractivity contribution in [3.05, 3.63) is 88.1 Å². The van der Waals surface area contributed by atoms with Crippen LogP contribution in [0.2, 0.25) is 0 Å². The molecule has 3 aromatic heterocycles. The molecule has 0 aliphatic rings. The van der Waals surface area contributed by atoms with Crippen LogP contribution in [0.25, 0.3) is 22.4 Å². The van der Waals surface area contributed by atoms with E-state index in [1.165, 1.54) is 25.1 Å². The van der Waals surface area contributed by atoms with Crippen LogP contribution in [0, 0.1) is 6.92 Å². The van der Waals surface area contributed by atoms with Crippen molar-refractivity contribution in [2.75, 3.05) is 7.11 Å². The standard InChI is InChI=1S/C23H18N4O4S/c1-14-7-9-15(10-8-14)26-20(28)16-5-3-4-6-18(16)27-22(26)24-25-23(27)32-13-19-17(11-12-31-19)21(29)30-2/h3-12H,13H2,1-2H3. The molecule has 0 spiro atoms. The highest BCUT2D eigenvalue weighted by molar-refractivity contribution is 7.98. The van der Waals surface area contributed by atoms with E-state index >= 15 is 0 Å². The number of ether oxygens (including phenoxy) is 1. The minimum absolute atomic E-state index is 0.167. The Morgan fingerprint density at radius 2 is 1.88 bits per heavy atom. The lowest BCUT2D eigenvalue weighted by atomic mass is 10.2. The summed E-state index contributed by atoms with van der Waals surface area (Å²) in [5.41, 5.74) is 2.71. The number of thioether (sulfide) groups is 1. The molecule has 0 N–H and O–H groups in total. The average Bonchev–Trinajstić information content (AvgIpc) is 3.45. The maximum atomic E-state index is 13.3. The van der Waals surface area contributed by atoms with Gasteiger partial charge in [0.15, 0.2) is 5.16 Å². The highest BCUT2D eigenvalue weighted by Gasteiger charge is 2.20. The van der Waals surface area contributed by atoms with Crippen molar-refractivity contribution in [1.82, 2.24) is 19.2 Å². The van der Waals surface area contributed by atoms with E-state index in [4.69, 9.17) is 9.15 Å². The molecule has 0 fully saturated rings. The molecule has 0 unspecified atom stereocenters. The van der Waals surface area contributed by atoms with Crippen LogP contribution in [0.1, 0.15) is 21.7 Å². The quantitative estimate of drug-likeness (QED) is 0.297. The van der Waals surface area contributed by atoms with Crippen LogP contribution < -0.4 is 5.56 Å². The third-order valence-corrected chi connectivity index (χ3v) is 6.10. The van der Waals surface area contributed by atoms with Gasteiger partial charge in [0, 0.05) is 0 Å². The number of furan rings is 1. The largest absolute Gasteiger partial charge is 0.468 e. The number of nitrogens with zero attached hydrogens (tertiary/aromatic N) is 4. The number of aryl methyl sites for hydroxylation is 1. The molecule has 5 aromatic rings. The lowest BCUT2D eigenvalue weighted by Gasteiger charge is -2.11. The summed E-state index contributed by atoms with van der Waals surface area (Å²) < 4.78 is 13.7. The van der Waals surface area contributed by atoms with Crippen LogP contribution in [-0.4, -0.2) is 32.2 Å². The lowest BCUT2D eigenvalue weighted by molar-refractivity contribution is 0.0598. The van der Waals surface area contributed by atoms with Crippen molar-refractivity contribution in [3.63, 3.8) is 0 Å². The maximum absolute atomic E-state index is 13.3. The molecule has 32 heavy (non-hydrogen) atoms. The van der Waals surface area contributed by atoms with Crippen LogP contribution >= 0.6 is 11.8 Å². The fourth-order valence-corrected chi connectivity index (χ4v) is 4.46. The Morgan fingerprint density at radius 1 is 1.09 bits per heavy atom. The van der Waals surface area contributed by atoms with E-state index < -0.39 is 5.97 Å². The number of para-hydroxylation sites is 1. The second kappa shape index (κ2) is 8.01. The smallest absolute Gasteiger partial charge is 0.341 e. The summed E-state index contributed by atoms with van der Waals surface area (Å²) in [5.74, 6) is 0.775. The van der Waals surface area contributed by atoms with E-state index in [1.807, 2.05) is 53.8 Å². The molecular weight excluding hydrogens is 428 g/mol. The zero-order chi connectivity index (χ0) is 22.2. The molecule has 0 aliphatic carbocycles. The van der Waals surface area contributed by atoms with E-state index in [9.17, 15) is 9.59 Å². The van der Waals surface area contributed by atoms with Gasteiger partial charge in [0.1, 0.15) is 11.3 Å². The number of hydrogen-bond donors (Lipinski definition) is 0. The van der Waals surface area contributed by atoms with Crippen molar-refractivity contribution in [2.45, 2.75) is 17.8 Å². The molecule has 3 heterocycles.